The van der Waals surface area contributed by atoms with E-state index in [0.29, 0.717) is 23.9 Å². The predicted molar refractivity (Wildman–Crippen MR) is 101 cm³/mol. The van der Waals surface area contributed by atoms with E-state index in [-0.39, 0.29) is 12.2 Å². The molecule has 1 aromatic heterocycles. The molecule has 0 unspecified atom stereocenters. The highest BCUT2D eigenvalue weighted by Gasteiger charge is 2.23. The van der Waals surface area contributed by atoms with Crippen LogP contribution >= 0.6 is 15.9 Å². The van der Waals surface area contributed by atoms with Crippen molar-refractivity contribution in [2.75, 3.05) is 6.61 Å². The standard InChI is InChI=1S/C20H21BrO4/c1-12(6-13(2)22)14(3)23-10-16-11-25-20-18(16)7-17(21)8-19(20)24-9-15-4-5-15/h7-8,11,15H,1,3-6,9-10H2,2H3. The normalized spacial score (nSPS) is 13.7. The summed E-state index contributed by atoms with van der Waals surface area (Å²) in [5.41, 5.74) is 2.20. The van der Waals surface area contributed by atoms with Gasteiger partial charge in [-0.05, 0) is 43.4 Å². The maximum Gasteiger partial charge on any atom is 0.176 e. The minimum absolute atomic E-state index is 0.0323. The fraction of sp³-hybridized carbons (Fsp3) is 0.350. The molecule has 3 rings (SSSR count). The second-order valence-corrected chi connectivity index (χ2v) is 7.41. The van der Waals surface area contributed by atoms with Crippen LogP contribution in [0.4, 0.5) is 0 Å². The highest BCUT2D eigenvalue weighted by Crippen LogP contribution is 2.36. The summed E-state index contributed by atoms with van der Waals surface area (Å²) in [6, 6.07) is 3.90. The molecule has 1 aliphatic carbocycles. The highest BCUT2D eigenvalue weighted by molar-refractivity contribution is 9.10. The Balaban J connectivity index is 1.72. The van der Waals surface area contributed by atoms with Crippen molar-refractivity contribution in [3.05, 3.63) is 52.9 Å². The van der Waals surface area contributed by atoms with E-state index in [2.05, 4.69) is 29.1 Å². The summed E-state index contributed by atoms with van der Waals surface area (Å²) in [6.07, 6.45) is 4.39. The molecular formula is C20H21BrO4. The molecular weight excluding hydrogens is 384 g/mol. The largest absolute Gasteiger partial charge is 0.489 e. The van der Waals surface area contributed by atoms with Gasteiger partial charge in [0.25, 0.3) is 0 Å². The lowest BCUT2D eigenvalue weighted by atomic mass is 10.1. The number of hydrogen-bond donors (Lipinski definition) is 0. The number of ether oxygens (including phenoxy) is 2. The zero-order valence-corrected chi connectivity index (χ0v) is 15.9. The third-order valence-electron chi connectivity index (χ3n) is 4.11. The van der Waals surface area contributed by atoms with Crippen LogP contribution < -0.4 is 4.74 Å². The van der Waals surface area contributed by atoms with Gasteiger partial charge in [-0.2, -0.15) is 0 Å². The van der Waals surface area contributed by atoms with Gasteiger partial charge in [-0.15, -0.1) is 0 Å². The molecule has 2 aromatic rings. The zero-order chi connectivity index (χ0) is 18.0. The Bertz CT molecular complexity index is 830. The number of ketones is 1. The minimum Gasteiger partial charge on any atom is -0.489 e. The van der Waals surface area contributed by atoms with Crippen LogP contribution in [-0.2, 0) is 16.1 Å². The number of fused-ring (bicyclic) bond motifs is 1. The molecule has 132 valence electrons. The van der Waals surface area contributed by atoms with Gasteiger partial charge in [0.15, 0.2) is 11.3 Å². The van der Waals surface area contributed by atoms with Crippen molar-refractivity contribution in [3.63, 3.8) is 0 Å². The lowest BCUT2D eigenvalue weighted by Gasteiger charge is -2.10. The van der Waals surface area contributed by atoms with Crippen LogP contribution in [0.1, 0.15) is 31.7 Å². The van der Waals surface area contributed by atoms with Gasteiger partial charge in [0.1, 0.15) is 18.1 Å². The van der Waals surface area contributed by atoms with Gasteiger partial charge in [0.05, 0.1) is 12.9 Å². The van der Waals surface area contributed by atoms with Crippen LogP contribution in [0.25, 0.3) is 11.0 Å². The fourth-order valence-electron chi connectivity index (χ4n) is 2.50. The number of allylic oxidation sites excluding steroid dienone is 1. The summed E-state index contributed by atoms with van der Waals surface area (Å²) in [6.45, 7) is 10.2. The van der Waals surface area contributed by atoms with Crippen molar-refractivity contribution < 1.29 is 18.7 Å². The van der Waals surface area contributed by atoms with Crippen LogP contribution in [0.15, 0.2) is 51.8 Å². The maximum atomic E-state index is 11.2. The molecule has 0 bridgehead atoms. The van der Waals surface area contributed by atoms with Crippen molar-refractivity contribution in [1.82, 2.24) is 0 Å². The lowest BCUT2D eigenvalue weighted by molar-refractivity contribution is -0.116. The number of benzene rings is 1. The van der Waals surface area contributed by atoms with Crippen molar-refractivity contribution in [3.8, 4) is 5.75 Å². The monoisotopic (exact) mass is 404 g/mol. The first-order valence-corrected chi connectivity index (χ1v) is 9.05. The third-order valence-corrected chi connectivity index (χ3v) is 4.57. The van der Waals surface area contributed by atoms with Crippen molar-refractivity contribution in [2.24, 2.45) is 5.92 Å². The first kappa shape index (κ1) is 17.8. The molecule has 1 heterocycles. The van der Waals surface area contributed by atoms with E-state index >= 15 is 0 Å². The summed E-state index contributed by atoms with van der Waals surface area (Å²) in [5.74, 6) is 1.86. The number of halogens is 1. The third kappa shape index (κ3) is 4.54. The first-order chi connectivity index (χ1) is 11.9. The van der Waals surface area contributed by atoms with Crippen LogP contribution in [-0.4, -0.2) is 12.4 Å². The van der Waals surface area contributed by atoms with Gasteiger partial charge in [0, 0.05) is 21.8 Å². The topological polar surface area (TPSA) is 48.7 Å². The van der Waals surface area contributed by atoms with Gasteiger partial charge in [-0.1, -0.05) is 29.1 Å². The number of carbonyl (C=O) groups is 1. The molecule has 1 aromatic carbocycles. The van der Waals surface area contributed by atoms with E-state index in [0.717, 1.165) is 33.4 Å². The molecule has 0 saturated heterocycles. The second-order valence-electron chi connectivity index (χ2n) is 6.49. The Labute approximate surface area is 155 Å². The molecule has 0 amide bonds. The van der Waals surface area contributed by atoms with Gasteiger partial charge in [-0.3, -0.25) is 4.79 Å². The van der Waals surface area contributed by atoms with Crippen LogP contribution in [0.5, 0.6) is 5.75 Å². The number of hydrogen-bond acceptors (Lipinski definition) is 4. The summed E-state index contributed by atoms with van der Waals surface area (Å²) >= 11 is 3.52. The smallest absolute Gasteiger partial charge is 0.176 e. The predicted octanol–water partition coefficient (Wildman–Crippen LogP) is 5.55. The van der Waals surface area contributed by atoms with Crippen molar-refractivity contribution in [1.29, 1.82) is 0 Å². The van der Waals surface area contributed by atoms with E-state index in [1.54, 1.807) is 6.26 Å². The summed E-state index contributed by atoms with van der Waals surface area (Å²) in [4.78, 5) is 11.2. The number of carbonyl (C=O) groups excluding carboxylic acids is 1. The summed E-state index contributed by atoms with van der Waals surface area (Å²) in [5, 5.41) is 0.935. The zero-order valence-electron chi connectivity index (χ0n) is 14.3. The van der Waals surface area contributed by atoms with Gasteiger partial charge >= 0.3 is 0 Å². The minimum atomic E-state index is 0.0323. The second kappa shape index (κ2) is 7.48. The highest BCUT2D eigenvalue weighted by atomic mass is 79.9. The SMILES string of the molecule is C=C(CC(C)=O)C(=C)OCc1coc2c(OCC3CC3)cc(Br)cc12. The average Bonchev–Trinajstić information content (AvgIpc) is 3.29. The molecule has 1 aliphatic rings. The lowest BCUT2D eigenvalue weighted by Crippen LogP contribution is -2.00. The molecule has 0 atom stereocenters. The Hall–Kier alpha value is -2.01. The molecule has 0 spiro atoms. The van der Waals surface area contributed by atoms with Crippen LogP contribution in [0.2, 0.25) is 0 Å². The Morgan fingerprint density at radius 1 is 1.36 bits per heavy atom. The Kier molecular flexibility index (Phi) is 5.33. The first-order valence-electron chi connectivity index (χ1n) is 8.25. The van der Waals surface area contributed by atoms with Gasteiger partial charge in [-0.25, -0.2) is 0 Å². The van der Waals surface area contributed by atoms with E-state index < -0.39 is 0 Å². The molecule has 4 nitrogen and oxygen atoms in total. The molecule has 25 heavy (non-hydrogen) atoms. The van der Waals surface area contributed by atoms with Crippen LogP contribution in [0, 0.1) is 5.92 Å². The molecule has 0 radical (unpaired) electrons. The van der Waals surface area contributed by atoms with E-state index in [1.165, 1.54) is 19.8 Å². The number of rotatable bonds is 9. The fourth-order valence-corrected chi connectivity index (χ4v) is 2.94. The molecule has 1 fully saturated rings. The number of Topliss-reactive ketones (excluding diaryl/α,β-unsaturated/α-hetero) is 1. The maximum absolute atomic E-state index is 11.2. The molecule has 5 heteroatoms. The van der Waals surface area contributed by atoms with Crippen molar-refractivity contribution in [2.45, 2.75) is 32.8 Å². The molecule has 1 saturated carbocycles. The quantitative estimate of drug-likeness (QED) is 0.406. The molecule has 0 aliphatic heterocycles. The summed E-state index contributed by atoms with van der Waals surface area (Å²) < 4.78 is 18.2. The summed E-state index contributed by atoms with van der Waals surface area (Å²) in [7, 11) is 0. The average molecular weight is 405 g/mol. The van der Waals surface area contributed by atoms with Crippen molar-refractivity contribution >= 4 is 32.7 Å². The van der Waals surface area contributed by atoms with Gasteiger partial charge < -0.3 is 13.9 Å². The van der Waals surface area contributed by atoms with E-state index in [9.17, 15) is 4.79 Å². The Morgan fingerprint density at radius 2 is 2.12 bits per heavy atom. The van der Waals surface area contributed by atoms with E-state index in [1.807, 2.05) is 12.1 Å². The Morgan fingerprint density at radius 3 is 2.80 bits per heavy atom. The van der Waals surface area contributed by atoms with Gasteiger partial charge in [0.2, 0.25) is 0 Å². The van der Waals surface area contributed by atoms with E-state index in [4.69, 9.17) is 13.9 Å². The van der Waals surface area contributed by atoms with Crippen LogP contribution in [0.3, 0.4) is 0 Å². The number of furan rings is 1. The molecule has 0 N–H and O–H groups in total.